The van der Waals surface area contributed by atoms with E-state index in [1.54, 1.807) is 48.5 Å². The molecule has 1 fully saturated rings. The summed E-state index contributed by atoms with van der Waals surface area (Å²) in [6.07, 6.45) is 4.17. The van der Waals surface area contributed by atoms with E-state index in [9.17, 15) is 8.42 Å². The molecule has 3 aromatic rings. The van der Waals surface area contributed by atoms with Gasteiger partial charge in [0, 0.05) is 18.1 Å². The number of sulfone groups is 1. The van der Waals surface area contributed by atoms with E-state index in [1.807, 2.05) is 4.90 Å². The van der Waals surface area contributed by atoms with Crippen LogP contribution in [0.15, 0.2) is 62.9 Å². The Labute approximate surface area is 180 Å². The number of aromatic nitrogens is 1. The van der Waals surface area contributed by atoms with E-state index in [1.165, 1.54) is 0 Å². The number of oxazole rings is 1. The highest BCUT2D eigenvalue weighted by Crippen LogP contribution is 2.38. The summed E-state index contributed by atoms with van der Waals surface area (Å²) in [7, 11) is -3.85. The van der Waals surface area contributed by atoms with Crippen molar-refractivity contribution in [1.82, 2.24) is 4.98 Å². The normalized spacial score (nSPS) is 15.3. The van der Waals surface area contributed by atoms with E-state index < -0.39 is 9.84 Å². The van der Waals surface area contributed by atoms with Gasteiger partial charge in [-0.3, -0.25) is 0 Å². The van der Waals surface area contributed by atoms with Crippen molar-refractivity contribution >= 4 is 38.9 Å². The smallest absolute Gasteiger partial charge is 0.236 e. The molecule has 0 spiro atoms. The minimum Gasteiger partial charge on any atom is -0.419 e. The van der Waals surface area contributed by atoms with Gasteiger partial charge in [-0.05, 0) is 43.2 Å². The molecule has 1 saturated heterocycles. The molecule has 1 aliphatic heterocycles. The van der Waals surface area contributed by atoms with Gasteiger partial charge in [-0.15, -0.1) is 0 Å². The van der Waals surface area contributed by atoms with Crippen LogP contribution in [-0.4, -0.2) is 26.5 Å². The van der Waals surface area contributed by atoms with Gasteiger partial charge >= 0.3 is 0 Å². The average molecular weight is 451 g/mol. The molecule has 0 bridgehead atoms. The maximum Gasteiger partial charge on any atom is 0.236 e. The van der Waals surface area contributed by atoms with Crippen LogP contribution in [0.4, 0.5) is 5.88 Å². The summed E-state index contributed by atoms with van der Waals surface area (Å²) in [4.78, 5) is 6.56. The van der Waals surface area contributed by atoms with Crippen LogP contribution in [0.3, 0.4) is 0 Å². The lowest BCUT2D eigenvalue weighted by Gasteiger charge is -2.20. The van der Waals surface area contributed by atoms with Crippen LogP contribution in [0, 0.1) is 0 Å². The van der Waals surface area contributed by atoms with Gasteiger partial charge in [-0.2, -0.15) is 4.98 Å². The van der Waals surface area contributed by atoms with E-state index in [-0.39, 0.29) is 21.7 Å². The first kappa shape index (κ1) is 20.3. The van der Waals surface area contributed by atoms with Gasteiger partial charge < -0.3 is 9.32 Å². The van der Waals surface area contributed by atoms with E-state index in [0.717, 1.165) is 38.8 Å². The predicted molar refractivity (Wildman–Crippen MR) is 115 cm³/mol. The fourth-order valence-electron chi connectivity index (χ4n) is 3.44. The highest BCUT2D eigenvalue weighted by atomic mass is 35.5. The van der Waals surface area contributed by atoms with Crippen molar-refractivity contribution in [3.8, 4) is 11.5 Å². The number of halogens is 2. The fraction of sp³-hybridized carbons (Fsp3) is 0.286. The molecule has 0 N–H and O–H groups in total. The summed E-state index contributed by atoms with van der Waals surface area (Å²) in [6, 6.07) is 13.2. The maximum atomic E-state index is 13.4. The molecule has 1 aliphatic rings. The third-order valence-electron chi connectivity index (χ3n) is 4.94. The van der Waals surface area contributed by atoms with Gasteiger partial charge in [0.2, 0.25) is 26.6 Å². The third kappa shape index (κ3) is 4.15. The summed E-state index contributed by atoms with van der Waals surface area (Å²) in [6.45, 7) is 1.45. The lowest BCUT2D eigenvalue weighted by molar-refractivity contribution is 0.543. The maximum absolute atomic E-state index is 13.4. The van der Waals surface area contributed by atoms with Crippen molar-refractivity contribution in [2.75, 3.05) is 18.0 Å². The Hall–Kier alpha value is -2.02. The Balaban J connectivity index is 1.87. The summed E-state index contributed by atoms with van der Waals surface area (Å²) < 4.78 is 32.8. The fourth-order valence-corrected chi connectivity index (χ4v) is 5.27. The first-order valence-corrected chi connectivity index (χ1v) is 11.7. The van der Waals surface area contributed by atoms with E-state index in [0.29, 0.717) is 15.6 Å². The zero-order valence-electron chi connectivity index (χ0n) is 15.6. The van der Waals surface area contributed by atoms with E-state index in [4.69, 9.17) is 27.6 Å². The van der Waals surface area contributed by atoms with Crippen molar-refractivity contribution in [1.29, 1.82) is 0 Å². The molecule has 0 radical (unpaired) electrons. The van der Waals surface area contributed by atoms with Gasteiger partial charge in [-0.1, -0.05) is 54.2 Å². The van der Waals surface area contributed by atoms with Crippen LogP contribution < -0.4 is 4.90 Å². The minimum atomic E-state index is -3.85. The van der Waals surface area contributed by atoms with Crippen LogP contribution in [0.5, 0.6) is 0 Å². The molecule has 0 saturated carbocycles. The first-order valence-electron chi connectivity index (χ1n) is 9.48. The van der Waals surface area contributed by atoms with Gasteiger partial charge in [0.1, 0.15) is 0 Å². The van der Waals surface area contributed by atoms with Crippen LogP contribution in [-0.2, 0) is 9.84 Å². The van der Waals surface area contributed by atoms with E-state index >= 15 is 0 Å². The second kappa shape index (κ2) is 8.38. The standard InChI is InChI=1S/C21H20Cl2N2O3S/c22-15-10-11-17(18(23)14-15)19-24-20(29(26,27)16-8-4-3-5-9-16)21(28-19)25-12-6-1-2-7-13-25/h3-5,8-11,14H,1-2,6-7,12-13H2. The van der Waals surface area contributed by atoms with Crippen molar-refractivity contribution in [2.45, 2.75) is 35.6 Å². The van der Waals surface area contributed by atoms with Crippen molar-refractivity contribution in [3.63, 3.8) is 0 Å². The largest absolute Gasteiger partial charge is 0.419 e. The molecular formula is C21H20Cl2N2O3S. The molecule has 1 aromatic heterocycles. The number of anilines is 1. The molecule has 0 atom stereocenters. The Morgan fingerprint density at radius 1 is 0.931 bits per heavy atom. The Morgan fingerprint density at radius 2 is 1.62 bits per heavy atom. The van der Waals surface area contributed by atoms with Gasteiger partial charge in [-0.25, -0.2) is 8.42 Å². The highest BCUT2D eigenvalue weighted by Gasteiger charge is 2.32. The zero-order chi connectivity index (χ0) is 20.4. The lowest BCUT2D eigenvalue weighted by Crippen LogP contribution is -2.25. The van der Waals surface area contributed by atoms with Crippen LogP contribution in [0.25, 0.3) is 11.5 Å². The first-order chi connectivity index (χ1) is 14.0. The third-order valence-corrected chi connectivity index (χ3v) is 7.16. The van der Waals surface area contributed by atoms with E-state index in [2.05, 4.69) is 4.98 Å². The summed E-state index contributed by atoms with van der Waals surface area (Å²) in [5.74, 6) is 0.442. The van der Waals surface area contributed by atoms with Crippen LogP contribution in [0.1, 0.15) is 25.7 Å². The molecule has 4 rings (SSSR count). The van der Waals surface area contributed by atoms with Crippen molar-refractivity contribution < 1.29 is 12.8 Å². The molecule has 0 aliphatic carbocycles. The highest BCUT2D eigenvalue weighted by molar-refractivity contribution is 7.91. The number of benzene rings is 2. The quantitative estimate of drug-likeness (QED) is 0.497. The van der Waals surface area contributed by atoms with Crippen molar-refractivity contribution in [3.05, 3.63) is 58.6 Å². The molecule has 8 heteroatoms. The summed E-state index contributed by atoms with van der Waals surface area (Å²) in [5, 5.41) is 0.756. The van der Waals surface area contributed by atoms with Gasteiger partial charge in [0.15, 0.2) is 0 Å². The van der Waals surface area contributed by atoms with Crippen molar-refractivity contribution in [2.24, 2.45) is 0 Å². The molecule has 2 heterocycles. The summed E-state index contributed by atoms with van der Waals surface area (Å²) >= 11 is 12.3. The monoisotopic (exact) mass is 450 g/mol. The topological polar surface area (TPSA) is 63.4 Å². The minimum absolute atomic E-state index is 0.0772. The number of nitrogens with zero attached hydrogens (tertiary/aromatic N) is 2. The molecule has 152 valence electrons. The Morgan fingerprint density at radius 3 is 2.28 bits per heavy atom. The van der Waals surface area contributed by atoms with Gasteiger partial charge in [0.05, 0.1) is 15.5 Å². The number of rotatable bonds is 4. The predicted octanol–water partition coefficient (Wildman–Crippen LogP) is 5.86. The Kier molecular flexibility index (Phi) is 5.86. The molecule has 2 aromatic carbocycles. The van der Waals surface area contributed by atoms with Crippen LogP contribution >= 0.6 is 23.2 Å². The molecule has 29 heavy (non-hydrogen) atoms. The Bertz CT molecular complexity index is 1110. The van der Waals surface area contributed by atoms with Gasteiger partial charge in [0.25, 0.3) is 0 Å². The SMILES string of the molecule is O=S(=O)(c1ccccc1)c1nc(-c2ccc(Cl)cc2Cl)oc1N1CCCCCC1. The zero-order valence-corrected chi connectivity index (χ0v) is 18.0. The second-order valence-corrected chi connectivity index (χ2v) is 9.68. The second-order valence-electron chi connectivity index (χ2n) is 6.97. The molecule has 0 amide bonds. The lowest BCUT2D eigenvalue weighted by atomic mass is 10.2. The molecule has 0 unspecified atom stereocenters. The average Bonchev–Trinajstić information content (AvgIpc) is 2.98. The number of hydrogen-bond acceptors (Lipinski definition) is 5. The number of hydrogen-bond donors (Lipinski definition) is 0. The molecular weight excluding hydrogens is 431 g/mol. The molecule has 5 nitrogen and oxygen atoms in total. The summed E-state index contributed by atoms with van der Waals surface area (Å²) in [5.41, 5.74) is 0.502. The van der Waals surface area contributed by atoms with Crippen LogP contribution in [0.2, 0.25) is 10.0 Å².